The maximum atomic E-state index is 12.5. The van der Waals surface area contributed by atoms with Crippen LogP contribution in [0.25, 0.3) is 0 Å². The van der Waals surface area contributed by atoms with E-state index in [9.17, 15) is 20.1 Å². The van der Waals surface area contributed by atoms with Crippen LogP contribution in [-0.2, 0) is 4.79 Å². The van der Waals surface area contributed by atoms with Crippen molar-refractivity contribution in [3.63, 3.8) is 0 Å². The van der Waals surface area contributed by atoms with Gasteiger partial charge in [0.1, 0.15) is 0 Å². The van der Waals surface area contributed by atoms with Crippen LogP contribution >= 0.6 is 0 Å². The zero-order valence-electron chi connectivity index (χ0n) is 39.2. The molecule has 0 aromatic heterocycles. The van der Waals surface area contributed by atoms with E-state index < -0.39 is 18.2 Å². The predicted molar refractivity (Wildman–Crippen MR) is 255 cm³/mol. The number of rotatable bonds is 48. The first-order valence-electron chi connectivity index (χ1n) is 26.1. The van der Waals surface area contributed by atoms with Crippen LogP contribution in [0.15, 0.2) is 24.3 Å². The lowest BCUT2D eigenvalue weighted by Crippen LogP contribution is -2.45. The average molecular weight is 818 g/mol. The number of nitrogens with one attached hydrogen (secondary N) is 1. The molecule has 58 heavy (non-hydrogen) atoms. The van der Waals surface area contributed by atoms with E-state index in [-0.39, 0.29) is 18.9 Å². The number of allylic oxidation sites excluding steroid dienone is 3. The molecule has 0 aromatic carbocycles. The van der Waals surface area contributed by atoms with Gasteiger partial charge in [-0.2, -0.15) is 0 Å². The van der Waals surface area contributed by atoms with Gasteiger partial charge in [-0.3, -0.25) is 4.79 Å². The summed E-state index contributed by atoms with van der Waals surface area (Å²) < 4.78 is 0. The zero-order valence-corrected chi connectivity index (χ0v) is 39.2. The third-order valence-corrected chi connectivity index (χ3v) is 12.2. The first-order valence-corrected chi connectivity index (χ1v) is 26.1. The Kier molecular flexibility index (Phi) is 47.5. The van der Waals surface area contributed by atoms with Crippen molar-refractivity contribution in [2.75, 3.05) is 6.61 Å². The number of hydrogen-bond acceptors (Lipinski definition) is 4. The summed E-state index contributed by atoms with van der Waals surface area (Å²) in [5.41, 5.74) is 0. The molecule has 0 heterocycles. The Labute approximate surface area is 362 Å². The van der Waals surface area contributed by atoms with Crippen LogP contribution in [0.4, 0.5) is 0 Å². The molecule has 0 bridgehead atoms. The fourth-order valence-electron chi connectivity index (χ4n) is 8.24. The van der Waals surface area contributed by atoms with Gasteiger partial charge in [-0.15, -0.1) is 0 Å². The monoisotopic (exact) mass is 818 g/mol. The molecule has 0 aliphatic rings. The van der Waals surface area contributed by atoms with Crippen LogP contribution in [0.1, 0.15) is 284 Å². The van der Waals surface area contributed by atoms with Crippen LogP contribution < -0.4 is 5.32 Å². The standard InChI is InChI=1S/C53H103NO4/c1-3-5-7-9-11-13-15-17-19-21-23-25-26-27-29-31-33-35-37-39-41-43-45-47-52(57)51(49-55)54-53(58)48-50(56)46-44-42-40-38-36-34-32-30-28-24-22-20-18-16-14-12-10-8-6-4-2/h37,39,45,47,50-52,55-57H,3-36,38,40-44,46,48-49H2,1-2H3,(H,54,58)/b39-37+,47-45+. The Morgan fingerprint density at radius 2 is 0.741 bits per heavy atom. The molecule has 0 saturated carbocycles. The molecule has 344 valence electrons. The maximum absolute atomic E-state index is 12.5. The number of aliphatic hydroxyl groups excluding tert-OH is 3. The minimum absolute atomic E-state index is 0.0102. The minimum Gasteiger partial charge on any atom is -0.394 e. The molecule has 0 aliphatic heterocycles. The molecular weight excluding hydrogens is 715 g/mol. The van der Waals surface area contributed by atoms with Gasteiger partial charge in [0.05, 0.1) is 31.3 Å². The van der Waals surface area contributed by atoms with E-state index >= 15 is 0 Å². The van der Waals surface area contributed by atoms with Crippen molar-refractivity contribution in [3.8, 4) is 0 Å². The maximum Gasteiger partial charge on any atom is 0.222 e. The van der Waals surface area contributed by atoms with Crippen molar-refractivity contribution >= 4 is 5.91 Å². The van der Waals surface area contributed by atoms with E-state index in [1.807, 2.05) is 6.08 Å². The lowest BCUT2D eigenvalue weighted by molar-refractivity contribution is -0.124. The topological polar surface area (TPSA) is 89.8 Å². The lowest BCUT2D eigenvalue weighted by Gasteiger charge is -2.21. The van der Waals surface area contributed by atoms with Gasteiger partial charge < -0.3 is 20.6 Å². The van der Waals surface area contributed by atoms with E-state index in [0.29, 0.717) is 6.42 Å². The Morgan fingerprint density at radius 3 is 1.10 bits per heavy atom. The molecule has 5 heteroatoms. The van der Waals surface area contributed by atoms with Crippen molar-refractivity contribution < 1.29 is 20.1 Å². The zero-order chi connectivity index (χ0) is 42.3. The number of carbonyl (C=O) groups is 1. The Hall–Kier alpha value is -1.17. The smallest absolute Gasteiger partial charge is 0.222 e. The Bertz CT molecular complexity index is 859. The molecule has 0 aromatic rings. The van der Waals surface area contributed by atoms with E-state index in [4.69, 9.17) is 0 Å². The summed E-state index contributed by atoms with van der Waals surface area (Å²) in [5, 5.41) is 33.4. The molecular formula is C53H103NO4. The number of hydrogen-bond donors (Lipinski definition) is 4. The first kappa shape index (κ1) is 56.8. The quantitative estimate of drug-likeness (QED) is 0.0364. The number of amides is 1. The van der Waals surface area contributed by atoms with Crippen molar-refractivity contribution in [2.24, 2.45) is 0 Å². The summed E-state index contributed by atoms with van der Waals surface area (Å²) in [6.45, 7) is 4.23. The van der Waals surface area contributed by atoms with Gasteiger partial charge in [-0.1, -0.05) is 269 Å². The molecule has 1 amide bonds. The SMILES string of the molecule is CCCCCCCCCCCCCCCCCCC/C=C/CC/C=C/C(O)C(CO)NC(=O)CC(O)CCCCCCCCCCCCCCCCCCCCCC. The third kappa shape index (κ3) is 44.4. The number of carbonyl (C=O) groups excluding carboxylic acids is 1. The van der Waals surface area contributed by atoms with E-state index in [2.05, 4.69) is 31.3 Å². The van der Waals surface area contributed by atoms with Gasteiger partial charge in [0, 0.05) is 0 Å². The fourth-order valence-corrected chi connectivity index (χ4v) is 8.24. The highest BCUT2D eigenvalue weighted by Gasteiger charge is 2.20. The van der Waals surface area contributed by atoms with Crippen molar-refractivity contribution in [1.82, 2.24) is 5.32 Å². The average Bonchev–Trinajstić information content (AvgIpc) is 3.22. The summed E-state index contributed by atoms with van der Waals surface area (Å²) in [6, 6.07) is -0.758. The van der Waals surface area contributed by atoms with Crippen LogP contribution in [0, 0.1) is 0 Å². The summed E-state index contributed by atoms with van der Waals surface area (Å²) in [7, 11) is 0. The Morgan fingerprint density at radius 1 is 0.431 bits per heavy atom. The van der Waals surface area contributed by atoms with Gasteiger partial charge in [-0.05, 0) is 32.1 Å². The highest BCUT2D eigenvalue weighted by Crippen LogP contribution is 2.17. The van der Waals surface area contributed by atoms with Crippen molar-refractivity contribution in [1.29, 1.82) is 0 Å². The number of unbranched alkanes of at least 4 members (excludes halogenated alkanes) is 37. The second-order valence-corrected chi connectivity index (χ2v) is 18.1. The van der Waals surface area contributed by atoms with Gasteiger partial charge >= 0.3 is 0 Å². The molecule has 0 aliphatic carbocycles. The first-order chi connectivity index (χ1) is 28.5. The fraction of sp³-hybridized carbons (Fsp3) is 0.906. The highest BCUT2D eigenvalue weighted by molar-refractivity contribution is 5.76. The molecule has 3 unspecified atom stereocenters. The normalized spacial score (nSPS) is 13.5. The van der Waals surface area contributed by atoms with E-state index in [1.54, 1.807) is 6.08 Å². The summed E-state index contributed by atoms with van der Waals surface area (Å²) in [6.07, 6.45) is 60.7. The molecule has 3 atom stereocenters. The van der Waals surface area contributed by atoms with Crippen LogP contribution in [0.3, 0.4) is 0 Å². The van der Waals surface area contributed by atoms with Gasteiger partial charge in [0.15, 0.2) is 0 Å². The van der Waals surface area contributed by atoms with Crippen LogP contribution in [0.2, 0.25) is 0 Å². The molecule has 0 fully saturated rings. The minimum atomic E-state index is -0.950. The van der Waals surface area contributed by atoms with E-state index in [0.717, 1.165) is 32.1 Å². The second-order valence-electron chi connectivity index (χ2n) is 18.1. The second kappa shape index (κ2) is 48.5. The van der Waals surface area contributed by atoms with Gasteiger partial charge in [-0.25, -0.2) is 0 Å². The molecule has 0 rings (SSSR count). The van der Waals surface area contributed by atoms with Gasteiger partial charge in [0.2, 0.25) is 5.91 Å². The Balaban J connectivity index is 3.62. The van der Waals surface area contributed by atoms with Crippen molar-refractivity contribution in [2.45, 2.75) is 302 Å². The van der Waals surface area contributed by atoms with Crippen molar-refractivity contribution in [3.05, 3.63) is 24.3 Å². The summed E-state index contributed by atoms with van der Waals surface area (Å²) in [4.78, 5) is 12.5. The van der Waals surface area contributed by atoms with E-state index in [1.165, 1.54) is 225 Å². The molecule has 4 N–H and O–H groups in total. The van der Waals surface area contributed by atoms with Crippen LogP contribution in [0.5, 0.6) is 0 Å². The molecule has 5 nitrogen and oxygen atoms in total. The molecule has 0 saturated heterocycles. The summed E-state index contributed by atoms with van der Waals surface area (Å²) >= 11 is 0. The summed E-state index contributed by atoms with van der Waals surface area (Å²) in [5.74, 6) is -0.320. The predicted octanol–water partition coefficient (Wildman–Crippen LogP) is 15.7. The third-order valence-electron chi connectivity index (χ3n) is 12.2. The molecule has 0 spiro atoms. The highest BCUT2D eigenvalue weighted by atomic mass is 16.3. The molecule has 0 radical (unpaired) electrons. The number of aliphatic hydroxyl groups is 3. The lowest BCUT2D eigenvalue weighted by atomic mass is 10.0. The van der Waals surface area contributed by atoms with Crippen LogP contribution in [-0.4, -0.2) is 46.1 Å². The van der Waals surface area contributed by atoms with Gasteiger partial charge in [0.25, 0.3) is 0 Å². The largest absolute Gasteiger partial charge is 0.394 e.